The molecule has 44 heavy (non-hydrogen) atoms. The largest absolute Gasteiger partial charge is 0.756 e. The second-order valence-corrected chi connectivity index (χ2v) is 15.0. The maximum atomic E-state index is 12.7. The van der Waals surface area contributed by atoms with E-state index in [0.29, 0.717) is 17.4 Å². The lowest BCUT2D eigenvalue weighted by molar-refractivity contribution is -0.870. The third-order valence-electron chi connectivity index (χ3n) is 8.00. The quantitative estimate of drug-likeness (QED) is 0.0330. The van der Waals surface area contributed by atoms with Gasteiger partial charge in [0.2, 0.25) is 5.91 Å². The number of hydrogen-bond donors (Lipinski definition) is 2. The molecule has 0 aliphatic carbocycles. The highest BCUT2D eigenvalue weighted by molar-refractivity contribution is 7.45. The predicted molar refractivity (Wildman–Crippen MR) is 182 cm³/mol. The number of aliphatic hydroxyl groups is 1. The monoisotopic (exact) mass is 647 g/mol. The van der Waals surface area contributed by atoms with E-state index in [-0.39, 0.29) is 19.1 Å². The Bertz CT molecular complexity index is 743. The van der Waals surface area contributed by atoms with Gasteiger partial charge in [-0.3, -0.25) is 9.36 Å². The Balaban J connectivity index is 4.41. The first-order chi connectivity index (χ1) is 21.0. The summed E-state index contributed by atoms with van der Waals surface area (Å²) in [5.41, 5.74) is 0. The molecule has 0 radical (unpaired) electrons. The summed E-state index contributed by atoms with van der Waals surface area (Å²) in [6.45, 7) is 4.57. The molecule has 0 aromatic rings. The van der Waals surface area contributed by atoms with Gasteiger partial charge in [-0.05, 0) is 19.3 Å². The predicted octanol–water partition coefficient (Wildman–Crippen LogP) is 8.22. The topological polar surface area (TPSA) is 108 Å². The molecule has 0 bridgehead atoms. The molecular formula is C35H71N2O6P. The van der Waals surface area contributed by atoms with Crippen molar-refractivity contribution < 1.29 is 32.9 Å². The van der Waals surface area contributed by atoms with Crippen LogP contribution in [0.25, 0.3) is 0 Å². The molecule has 0 saturated carbocycles. The van der Waals surface area contributed by atoms with Crippen LogP contribution in [-0.4, -0.2) is 68.5 Å². The van der Waals surface area contributed by atoms with E-state index in [1.807, 2.05) is 27.2 Å². The third kappa shape index (κ3) is 29.9. The Kier molecular flexibility index (Phi) is 28.0. The second kappa shape index (κ2) is 28.5. The average molecular weight is 647 g/mol. The number of amides is 1. The summed E-state index contributed by atoms with van der Waals surface area (Å²) in [6, 6.07) is -0.876. The second-order valence-electron chi connectivity index (χ2n) is 13.6. The molecule has 262 valence electrons. The maximum absolute atomic E-state index is 12.7. The van der Waals surface area contributed by atoms with Crippen molar-refractivity contribution in [3.05, 3.63) is 12.2 Å². The lowest BCUT2D eigenvalue weighted by Gasteiger charge is -2.29. The van der Waals surface area contributed by atoms with Gasteiger partial charge in [0.05, 0.1) is 39.9 Å². The molecular weight excluding hydrogens is 575 g/mol. The van der Waals surface area contributed by atoms with E-state index in [9.17, 15) is 19.4 Å². The van der Waals surface area contributed by atoms with Crippen LogP contribution in [0.3, 0.4) is 0 Å². The Morgan fingerprint density at radius 3 is 1.70 bits per heavy atom. The van der Waals surface area contributed by atoms with E-state index in [1.54, 1.807) is 6.08 Å². The molecule has 0 spiro atoms. The van der Waals surface area contributed by atoms with Crippen molar-refractivity contribution in [2.75, 3.05) is 40.9 Å². The smallest absolute Gasteiger partial charge is 0.268 e. The number of carbonyl (C=O) groups is 1. The molecule has 2 N–H and O–H groups in total. The molecule has 0 aliphatic rings. The van der Waals surface area contributed by atoms with Crippen LogP contribution in [0.4, 0.5) is 0 Å². The molecule has 0 aromatic heterocycles. The molecule has 0 aliphatic heterocycles. The van der Waals surface area contributed by atoms with Crippen molar-refractivity contribution in [2.45, 2.75) is 167 Å². The van der Waals surface area contributed by atoms with Gasteiger partial charge in [-0.2, -0.15) is 0 Å². The highest BCUT2D eigenvalue weighted by atomic mass is 31.2. The Labute approximate surface area is 272 Å². The van der Waals surface area contributed by atoms with Crippen LogP contribution in [0.1, 0.15) is 155 Å². The number of phosphoric ester groups is 1. The fourth-order valence-electron chi connectivity index (χ4n) is 5.03. The highest BCUT2D eigenvalue weighted by Crippen LogP contribution is 2.38. The van der Waals surface area contributed by atoms with Gasteiger partial charge in [-0.15, -0.1) is 0 Å². The Morgan fingerprint density at radius 1 is 0.773 bits per heavy atom. The summed E-state index contributed by atoms with van der Waals surface area (Å²) in [6.07, 6.45) is 28.4. The summed E-state index contributed by atoms with van der Waals surface area (Å²) in [4.78, 5) is 25.0. The molecule has 8 nitrogen and oxygen atoms in total. The lowest BCUT2D eigenvalue weighted by Crippen LogP contribution is -2.45. The molecule has 3 atom stereocenters. The highest BCUT2D eigenvalue weighted by Gasteiger charge is 2.23. The molecule has 0 aromatic carbocycles. The third-order valence-corrected chi connectivity index (χ3v) is 8.96. The summed E-state index contributed by atoms with van der Waals surface area (Å²) in [7, 11) is 1.26. The first-order valence-corrected chi connectivity index (χ1v) is 19.5. The number of nitrogens with one attached hydrogen (secondary N) is 1. The van der Waals surface area contributed by atoms with E-state index in [2.05, 4.69) is 19.2 Å². The molecule has 0 rings (SSSR count). The lowest BCUT2D eigenvalue weighted by atomic mass is 10.0. The van der Waals surface area contributed by atoms with Crippen molar-refractivity contribution in [3.63, 3.8) is 0 Å². The number of aliphatic hydroxyl groups excluding tert-OH is 1. The number of allylic oxidation sites excluding steroid dienone is 1. The van der Waals surface area contributed by atoms with Crippen molar-refractivity contribution in [3.8, 4) is 0 Å². The van der Waals surface area contributed by atoms with Crippen molar-refractivity contribution in [1.29, 1.82) is 0 Å². The van der Waals surface area contributed by atoms with Crippen LogP contribution >= 0.6 is 7.82 Å². The van der Waals surface area contributed by atoms with Gasteiger partial charge in [-0.1, -0.05) is 142 Å². The van der Waals surface area contributed by atoms with E-state index >= 15 is 0 Å². The minimum Gasteiger partial charge on any atom is -0.756 e. The molecule has 0 fully saturated rings. The zero-order valence-electron chi connectivity index (χ0n) is 29.4. The maximum Gasteiger partial charge on any atom is 0.268 e. The van der Waals surface area contributed by atoms with Crippen LogP contribution < -0.4 is 10.2 Å². The van der Waals surface area contributed by atoms with Crippen molar-refractivity contribution in [1.82, 2.24) is 5.32 Å². The summed E-state index contributed by atoms with van der Waals surface area (Å²) < 4.78 is 23.0. The van der Waals surface area contributed by atoms with Crippen LogP contribution in [0.15, 0.2) is 12.2 Å². The summed E-state index contributed by atoms with van der Waals surface area (Å²) in [5, 5.41) is 13.6. The number of likely N-dealkylation sites (N-methyl/N-ethyl adjacent to an activating group) is 1. The molecule has 0 heterocycles. The van der Waals surface area contributed by atoms with E-state index in [0.717, 1.165) is 38.5 Å². The summed E-state index contributed by atoms with van der Waals surface area (Å²) in [5.74, 6) is -0.202. The van der Waals surface area contributed by atoms with E-state index in [1.165, 1.54) is 96.3 Å². The summed E-state index contributed by atoms with van der Waals surface area (Å²) >= 11 is 0. The number of rotatable bonds is 32. The fraction of sp³-hybridized carbons (Fsp3) is 0.914. The number of carbonyl (C=O) groups excluding carboxylic acids is 1. The van der Waals surface area contributed by atoms with Gasteiger partial charge in [0, 0.05) is 6.42 Å². The number of phosphoric acid groups is 1. The van der Waals surface area contributed by atoms with Crippen molar-refractivity contribution in [2.24, 2.45) is 0 Å². The van der Waals surface area contributed by atoms with Gasteiger partial charge in [0.25, 0.3) is 7.82 Å². The average Bonchev–Trinajstić information content (AvgIpc) is 2.95. The first-order valence-electron chi connectivity index (χ1n) is 18.1. The molecule has 3 unspecified atom stereocenters. The fourth-order valence-corrected chi connectivity index (χ4v) is 5.76. The van der Waals surface area contributed by atoms with Crippen LogP contribution in [0.5, 0.6) is 0 Å². The van der Waals surface area contributed by atoms with Crippen LogP contribution in [0.2, 0.25) is 0 Å². The van der Waals surface area contributed by atoms with E-state index < -0.39 is 20.0 Å². The van der Waals surface area contributed by atoms with Crippen molar-refractivity contribution >= 4 is 13.7 Å². The minimum absolute atomic E-state index is 0.000977. The number of hydrogen-bond acceptors (Lipinski definition) is 6. The standard InChI is InChI=1S/C35H71N2O6P/c1-6-8-10-12-14-15-16-17-18-19-20-21-23-25-27-29-35(39)36-33(34(38)28-26-24-22-13-11-9-7-2)32-43-44(40,41)42-31-30-37(3,4)5/h26,28,33-34,38H,6-25,27,29-32H2,1-5H3,(H-,36,39,40,41)/b28-26+. The van der Waals surface area contributed by atoms with Gasteiger partial charge < -0.3 is 28.8 Å². The first kappa shape index (κ1) is 43.2. The van der Waals surface area contributed by atoms with Gasteiger partial charge >= 0.3 is 0 Å². The normalized spacial score (nSPS) is 15.0. The number of unbranched alkanes of at least 4 members (excludes halogenated alkanes) is 19. The van der Waals surface area contributed by atoms with Crippen LogP contribution in [0, 0.1) is 0 Å². The SMILES string of the molecule is CCCCCCC/C=C/C(O)C(COP(=O)([O-])OCC[N+](C)(C)C)NC(=O)CCCCCCCCCCCCCCCCC. The molecule has 1 amide bonds. The minimum atomic E-state index is -4.56. The van der Waals surface area contributed by atoms with Crippen LogP contribution in [-0.2, 0) is 18.4 Å². The van der Waals surface area contributed by atoms with Gasteiger partial charge in [-0.25, -0.2) is 0 Å². The number of nitrogens with zero attached hydrogens (tertiary/aromatic N) is 1. The van der Waals surface area contributed by atoms with E-state index in [4.69, 9.17) is 9.05 Å². The van der Waals surface area contributed by atoms with Gasteiger partial charge in [0.15, 0.2) is 0 Å². The molecule has 0 saturated heterocycles. The zero-order chi connectivity index (χ0) is 32.9. The number of quaternary nitrogens is 1. The zero-order valence-corrected chi connectivity index (χ0v) is 30.3. The van der Waals surface area contributed by atoms with Gasteiger partial charge in [0.1, 0.15) is 13.2 Å². The molecule has 9 heteroatoms. The Morgan fingerprint density at radius 2 is 1.23 bits per heavy atom. The Hall–Kier alpha value is -0.760.